The fraction of sp³-hybridized carbons (Fsp3) is 0.600. The van der Waals surface area contributed by atoms with Crippen molar-refractivity contribution in [1.82, 2.24) is 5.32 Å². The van der Waals surface area contributed by atoms with Gasteiger partial charge >= 0.3 is 6.03 Å². The second kappa shape index (κ2) is 9.57. The van der Waals surface area contributed by atoms with E-state index in [0.29, 0.717) is 31.4 Å². The van der Waals surface area contributed by atoms with Crippen molar-refractivity contribution in [2.24, 2.45) is 0 Å². The van der Waals surface area contributed by atoms with Crippen LogP contribution in [0.25, 0.3) is 0 Å². The predicted octanol–water partition coefficient (Wildman–Crippen LogP) is 3.67. The number of rotatable bonds is 7. The van der Waals surface area contributed by atoms with Gasteiger partial charge in [0.2, 0.25) is 5.91 Å². The van der Waals surface area contributed by atoms with E-state index in [2.05, 4.69) is 10.6 Å². The minimum absolute atomic E-state index is 0.143. The van der Waals surface area contributed by atoms with Gasteiger partial charge in [-0.15, -0.1) is 0 Å². The number of amides is 3. The lowest BCUT2D eigenvalue weighted by Crippen LogP contribution is -2.30. The molecular weight excluding hydrogens is 330 g/mol. The minimum atomic E-state index is -0.229. The molecule has 3 rings (SSSR count). The lowest BCUT2D eigenvalue weighted by atomic mass is 9.98. The first-order valence-corrected chi connectivity index (χ1v) is 9.79. The Kier molecular flexibility index (Phi) is 6.89. The topological polar surface area (TPSA) is 70.7 Å². The van der Waals surface area contributed by atoms with Gasteiger partial charge in [0.05, 0.1) is 6.10 Å². The molecule has 0 bridgehead atoms. The zero-order valence-electron chi connectivity index (χ0n) is 15.3. The van der Waals surface area contributed by atoms with Gasteiger partial charge in [0.1, 0.15) is 0 Å². The van der Waals surface area contributed by atoms with E-state index in [4.69, 9.17) is 4.74 Å². The zero-order chi connectivity index (χ0) is 18.2. The van der Waals surface area contributed by atoms with E-state index in [1.54, 1.807) is 4.90 Å². The van der Waals surface area contributed by atoms with Gasteiger partial charge in [-0.2, -0.15) is 0 Å². The Morgan fingerprint density at radius 2 is 2.04 bits per heavy atom. The maximum Gasteiger partial charge on any atom is 0.319 e. The molecule has 0 aromatic heterocycles. The molecule has 0 atom stereocenters. The molecule has 2 fully saturated rings. The van der Waals surface area contributed by atoms with Crippen molar-refractivity contribution in [2.75, 3.05) is 29.9 Å². The average Bonchev–Trinajstić information content (AvgIpc) is 3.08. The Bertz CT molecular complexity index is 614. The van der Waals surface area contributed by atoms with Crippen LogP contribution in [0.3, 0.4) is 0 Å². The average molecular weight is 359 g/mol. The maximum absolute atomic E-state index is 12.0. The summed E-state index contributed by atoms with van der Waals surface area (Å²) in [7, 11) is 0. The van der Waals surface area contributed by atoms with E-state index in [-0.39, 0.29) is 11.9 Å². The van der Waals surface area contributed by atoms with E-state index in [1.807, 2.05) is 24.3 Å². The van der Waals surface area contributed by atoms with E-state index >= 15 is 0 Å². The van der Waals surface area contributed by atoms with Gasteiger partial charge in [0.15, 0.2) is 0 Å². The van der Waals surface area contributed by atoms with Gasteiger partial charge in [-0.25, -0.2) is 4.79 Å². The smallest absolute Gasteiger partial charge is 0.319 e. The molecule has 1 saturated heterocycles. The lowest BCUT2D eigenvalue weighted by Gasteiger charge is -2.21. The molecule has 0 radical (unpaired) electrons. The van der Waals surface area contributed by atoms with E-state index < -0.39 is 0 Å². The van der Waals surface area contributed by atoms with Crippen LogP contribution in [0.1, 0.15) is 51.4 Å². The molecule has 1 aromatic carbocycles. The molecule has 1 aromatic rings. The van der Waals surface area contributed by atoms with Crippen molar-refractivity contribution in [3.05, 3.63) is 24.3 Å². The number of carbonyl (C=O) groups excluding carboxylic acids is 2. The molecule has 6 heteroatoms. The highest BCUT2D eigenvalue weighted by Gasteiger charge is 2.21. The van der Waals surface area contributed by atoms with E-state index in [1.165, 1.54) is 32.1 Å². The third-order valence-corrected chi connectivity index (χ3v) is 5.00. The van der Waals surface area contributed by atoms with Crippen molar-refractivity contribution in [3.63, 3.8) is 0 Å². The highest BCUT2D eigenvalue weighted by atomic mass is 16.5. The number of hydrogen-bond donors (Lipinski definition) is 2. The van der Waals surface area contributed by atoms with E-state index in [0.717, 1.165) is 25.1 Å². The number of urea groups is 1. The summed E-state index contributed by atoms with van der Waals surface area (Å²) in [5, 5.41) is 5.69. The number of nitrogens with one attached hydrogen (secondary N) is 2. The minimum Gasteiger partial charge on any atom is -0.378 e. The van der Waals surface area contributed by atoms with Crippen LogP contribution in [-0.4, -0.2) is 37.7 Å². The number of ether oxygens (including phenoxy) is 1. The summed E-state index contributed by atoms with van der Waals surface area (Å²) in [6.07, 6.45) is 8.92. The lowest BCUT2D eigenvalue weighted by molar-refractivity contribution is -0.117. The summed E-state index contributed by atoms with van der Waals surface area (Å²) in [4.78, 5) is 25.6. The summed E-state index contributed by atoms with van der Waals surface area (Å²) in [6.45, 7) is 2.02. The summed E-state index contributed by atoms with van der Waals surface area (Å²) < 4.78 is 5.86. The summed E-state index contributed by atoms with van der Waals surface area (Å²) >= 11 is 0. The number of nitrogens with zero attached hydrogens (tertiary/aromatic N) is 1. The molecule has 0 unspecified atom stereocenters. The first kappa shape index (κ1) is 18.7. The standard InChI is InChI=1S/C20H29N3O3/c24-19-11-5-13-23(19)17-8-4-7-16(15-17)22-20(25)21-12-6-14-26-18-9-2-1-3-10-18/h4,7-8,15,18H,1-3,5-6,9-14H2,(H2,21,22,25). The number of anilines is 2. The van der Waals surface area contributed by atoms with Gasteiger partial charge in [-0.1, -0.05) is 25.3 Å². The molecule has 1 aliphatic heterocycles. The molecule has 2 aliphatic rings. The Morgan fingerprint density at radius 1 is 1.19 bits per heavy atom. The molecule has 1 aliphatic carbocycles. The molecule has 6 nitrogen and oxygen atoms in total. The van der Waals surface area contributed by atoms with Crippen LogP contribution < -0.4 is 15.5 Å². The molecule has 26 heavy (non-hydrogen) atoms. The van der Waals surface area contributed by atoms with Crippen LogP contribution in [0.2, 0.25) is 0 Å². The molecule has 142 valence electrons. The van der Waals surface area contributed by atoms with E-state index in [9.17, 15) is 9.59 Å². The van der Waals surface area contributed by atoms with Gasteiger partial charge in [-0.05, 0) is 43.9 Å². The molecule has 1 saturated carbocycles. The highest BCUT2D eigenvalue weighted by molar-refractivity contribution is 5.96. The van der Waals surface area contributed by atoms with Crippen molar-refractivity contribution < 1.29 is 14.3 Å². The Morgan fingerprint density at radius 3 is 2.81 bits per heavy atom. The van der Waals surface area contributed by atoms with Crippen LogP contribution in [-0.2, 0) is 9.53 Å². The van der Waals surface area contributed by atoms with Crippen molar-refractivity contribution in [2.45, 2.75) is 57.5 Å². The maximum atomic E-state index is 12.0. The Labute approximate surface area is 155 Å². The fourth-order valence-electron chi connectivity index (χ4n) is 3.60. The Hall–Kier alpha value is -2.08. The second-order valence-corrected chi connectivity index (χ2v) is 7.06. The molecule has 3 amide bonds. The third kappa shape index (κ3) is 5.46. The highest BCUT2D eigenvalue weighted by Crippen LogP contribution is 2.24. The first-order valence-electron chi connectivity index (χ1n) is 9.79. The largest absolute Gasteiger partial charge is 0.378 e. The van der Waals surface area contributed by atoms with Crippen molar-refractivity contribution >= 4 is 23.3 Å². The molecule has 0 spiro atoms. The quantitative estimate of drug-likeness (QED) is 0.730. The van der Waals surface area contributed by atoms with Crippen LogP contribution in [0.5, 0.6) is 0 Å². The van der Waals surface area contributed by atoms with Gasteiger partial charge in [0.25, 0.3) is 0 Å². The zero-order valence-corrected chi connectivity index (χ0v) is 15.3. The van der Waals surface area contributed by atoms with Gasteiger partial charge in [0, 0.05) is 37.5 Å². The van der Waals surface area contributed by atoms with Crippen molar-refractivity contribution in [3.8, 4) is 0 Å². The predicted molar refractivity (Wildman–Crippen MR) is 102 cm³/mol. The summed E-state index contributed by atoms with van der Waals surface area (Å²) in [5.74, 6) is 0.143. The molecule has 1 heterocycles. The van der Waals surface area contributed by atoms with Gasteiger partial charge < -0.3 is 20.3 Å². The van der Waals surface area contributed by atoms with Crippen LogP contribution in [0.4, 0.5) is 16.2 Å². The number of carbonyl (C=O) groups is 2. The monoisotopic (exact) mass is 359 g/mol. The van der Waals surface area contributed by atoms with Crippen molar-refractivity contribution in [1.29, 1.82) is 0 Å². The first-order chi connectivity index (χ1) is 12.7. The normalized spacial score (nSPS) is 18.2. The summed E-state index contributed by atoms with van der Waals surface area (Å²) in [6, 6.07) is 7.20. The summed E-state index contributed by atoms with van der Waals surface area (Å²) in [5.41, 5.74) is 1.53. The SMILES string of the molecule is O=C(NCCCOC1CCCCC1)Nc1cccc(N2CCCC2=O)c1. The second-order valence-electron chi connectivity index (χ2n) is 7.06. The van der Waals surface area contributed by atoms with Crippen LogP contribution >= 0.6 is 0 Å². The fourth-order valence-corrected chi connectivity index (χ4v) is 3.60. The molecular formula is C20H29N3O3. The number of benzene rings is 1. The van der Waals surface area contributed by atoms with Crippen LogP contribution in [0.15, 0.2) is 24.3 Å². The molecule has 2 N–H and O–H groups in total. The number of hydrogen-bond acceptors (Lipinski definition) is 3. The van der Waals surface area contributed by atoms with Gasteiger partial charge in [-0.3, -0.25) is 4.79 Å². The Balaban J connectivity index is 1.36. The third-order valence-electron chi connectivity index (χ3n) is 5.00. The van der Waals surface area contributed by atoms with Crippen LogP contribution in [0, 0.1) is 0 Å².